The Morgan fingerprint density at radius 2 is 1.87 bits per heavy atom. The molecule has 1 fully saturated rings. The van der Waals surface area contributed by atoms with Crippen molar-refractivity contribution in [1.29, 1.82) is 0 Å². The zero-order chi connectivity index (χ0) is 22.0. The molecular weight excluding hydrogens is 416 g/mol. The first-order chi connectivity index (χ1) is 14.9. The van der Waals surface area contributed by atoms with Crippen molar-refractivity contribution in [2.45, 2.75) is 24.7 Å². The number of hydrogen-bond acceptors (Lipinski definition) is 5. The largest absolute Gasteiger partial charge is 0.495 e. The number of anilines is 1. The van der Waals surface area contributed by atoms with Crippen molar-refractivity contribution in [2.75, 3.05) is 25.5 Å². The van der Waals surface area contributed by atoms with Crippen LogP contribution in [0.1, 0.15) is 28.9 Å². The molecule has 4 rings (SSSR count). The van der Waals surface area contributed by atoms with Gasteiger partial charge in [-0.15, -0.1) is 0 Å². The van der Waals surface area contributed by atoms with E-state index < -0.39 is 15.9 Å². The zero-order valence-corrected chi connectivity index (χ0v) is 18.2. The predicted octanol–water partition coefficient (Wildman–Crippen LogP) is 3.23. The summed E-state index contributed by atoms with van der Waals surface area (Å²) in [5.41, 5.74) is 2.60. The van der Waals surface area contributed by atoms with Crippen LogP contribution in [0.25, 0.3) is 5.69 Å². The van der Waals surface area contributed by atoms with Crippen LogP contribution >= 0.6 is 0 Å². The van der Waals surface area contributed by atoms with Gasteiger partial charge in [-0.2, -0.15) is 9.40 Å². The van der Waals surface area contributed by atoms with Crippen LogP contribution in [0.5, 0.6) is 5.75 Å². The van der Waals surface area contributed by atoms with Gasteiger partial charge in [-0.3, -0.25) is 4.79 Å². The van der Waals surface area contributed by atoms with Crippen LogP contribution in [-0.4, -0.2) is 48.6 Å². The summed E-state index contributed by atoms with van der Waals surface area (Å²) in [6, 6.07) is 13.6. The third kappa shape index (κ3) is 4.19. The predicted molar refractivity (Wildman–Crippen MR) is 117 cm³/mol. The van der Waals surface area contributed by atoms with Gasteiger partial charge in [0, 0.05) is 36.2 Å². The van der Waals surface area contributed by atoms with Crippen LogP contribution in [0.2, 0.25) is 0 Å². The van der Waals surface area contributed by atoms with Crippen LogP contribution in [0.15, 0.2) is 59.6 Å². The minimum atomic E-state index is -3.73. The fourth-order valence-electron chi connectivity index (χ4n) is 3.65. The van der Waals surface area contributed by atoms with E-state index in [9.17, 15) is 13.2 Å². The molecule has 31 heavy (non-hydrogen) atoms. The van der Waals surface area contributed by atoms with Gasteiger partial charge in [-0.25, -0.2) is 13.1 Å². The van der Waals surface area contributed by atoms with E-state index in [4.69, 9.17) is 4.74 Å². The molecule has 0 spiro atoms. The lowest BCUT2D eigenvalue weighted by Crippen LogP contribution is -2.28. The number of carbonyl (C=O) groups is 1. The first-order valence-corrected chi connectivity index (χ1v) is 11.4. The van der Waals surface area contributed by atoms with Crippen molar-refractivity contribution in [2.24, 2.45) is 0 Å². The van der Waals surface area contributed by atoms with Crippen molar-refractivity contribution >= 4 is 21.6 Å². The molecule has 2 heterocycles. The first-order valence-electron chi connectivity index (χ1n) is 10.0. The summed E-state index contributed by atoms with van der Waals surface area (Å²) < 4.78 is 34.6. The molecule has 0 atom stereocenters. The van der Waals surface area contributed by atoms with E-state index in [1.165, 1.54) is 23.5 Å². The molecule has 1 N–H and O–H groups in total. The van der Waals surface area contributed by atoms with Crippen LogP contribution in [0.3, 0.4) is 0 Å². The molecule has 1 aliphatic heterocycles. The van der Waals surface area contributed by atoms with Crippen LogP contribution in [0, 0.1) is 6.92 Å². The van der Waals surface area contributed by atoms with Crippen molar-refractivity contribution in [3.63, 3.8) is 0 Å². The number of aryl methyl sites for hydroxylation is 1. The van der Waals surface area contributed by atoms with Gasteiger partial charge < -0.3 is 10.1 Å². The third-order valence-electron chi connectivity index (χ3n) is 5.29. The molecule has 8 nitrogen and oxygen atoms in total. The number of nitrogens with one attached hydrogen (secondary N) is 1. The van der Waals surface area contributed by atoms with E-state index in [2.05, 4.69) is 10.4 Å². The SMILES string of the molecule is COc1ccc(C(=O)Nc2cccc(-n3nccc3C)c2)cc1S(=O)(=O)N1CCCC1. The molecule has 1 aliphatic rings. The summed E-state index contributed by atoms with van der Waals surface area (Å²) in [5.74, 6) is -0.186. The number of sulfonamides is 1. The molecule has 2 aromatic carbocycles. The molecule has 0 unspecified atom stereocenters. The molecule has 0 saturated carbocycles. The number of amides is 1. The number of methoxy groups -OCH3 is 1. The minimum absolute atomic E-state index is 0.00506. The summed E-state index contributed by atoms with van der Waals surface area (Å²) in [5, 5.41) is 7.12. The second kappa shape index (κ2) is 8.52. The highest BCUT2D eigenvalue weighted by molar-refractivity contribution is 7.89. The lowest BCUT2D eigenvalue weighted by atomic mass is 10.2. The second-order valence-corrected chi connectivity index (χ2v) is 9.27. The van der Waals surface area contributed by atoms with Gasteiger partial charge in [0.1, 0.15) is 10.6 Å². The Morgan fingerprint density at radius 1 is 1.10 bits per heavy atom. The standard InChI is InChI=1S/C22H24N4O4S/c1-16-10-11-23-26(16)19-7-5-6-18(15-19)24-22(27)17-8-9-20(30-2)21(14-17)31(28,29)25-12-3-4-13-25/h5-11,14-15H,3-4,12-13H2,1-2H3,(H,24,27). The molecule has 0 radical (unpaired) electrons. The third-order valence-corrected chi connectivity index (χ3v) is 7.21. The van der Waals surface area contributed by atoms with Gasteiger partial charge in [-0.1, -0.05) is 6.07 Å². The molecule has 1 amide bonds. The van der Waals surface area contributed by atoms with Crippen LogP contribution in [0.4, 0.5) is 5.69 Å². The fourth-order valence-corrected chi connectivity index (χ4v) is 5.34. The van der Waals surface area contributed by atoms with E-state index in [1.807, 2.05) is 31.2 Å². The van der Waals surface area contributed by atoms with Crippen molar-refractivity contribution in [3.05, 3.63) is 66.0 Å². The zero-order valence-electron chi connectivity index (χ0n) is 17.4. The lowest BCUT2D eigenvalue weighted by Gasteiger charge is -2.18. The summed E-state index contributed by atoms with van der Waals surface area (Å²) in [7, 11) is -2.32. The van der Waals surface area contributed by atoms with Gasteiger partial charge in [0.15, 0.2) is 0 Å². The minimum Gasteiger partial charge on any atom is -0.495 e. The van der Waals surface area contributed by atoms with Gasteiger partial charge in [0.25, 0.3) is 5.91 Å². The van der Waals surface area contributed by atoms with Gasteiger partial charge in [0.2, 0.25) is 10.0 Å². The Hall–Kier alpha value is -3.17. The fraction of sp³-hybridized carbons (Fsp3) is 0.273. The highest BCUT2D eigenvalue weighted by Gasteiger charge is 2.30. The van der Waals surface area contributed by atoms with Gasteiger partial charge >= 0.3 is 0 Å². The number of carbonyl (C=O) groups excluding carboxylic acids is 1. The molecule has 1 saturated heterocycles. The Bertz CT molecular complexity index is 1210. The Labute approximate surface area is 181 Å². The normalized spacial score (nSPS) is 14.5. The highest BCUT2D eigenvalue weighted by Crippen LogP contribution is 2.30. The molecule has 0 aliphatic carbocycles. The Balaban J connectivity index is 1.62. The Kier molecular flexibility index (Phi) is 5.79. The summed E-state index contributed by atoms with van der Waals surface area (Å²) in [4.78, 5) is 12.9. The van der Waals surface area contributed by atoms with E-state index >= 15 is 0 Å². The van der Waals surface area contributed by atoms with Crippen LogP contribution < -0.4 is 10.1 Å². The smallest absolute Gasteiger partial charge is 0.255 e. The first kappa shape index (κ1) is 21.1. The molecule has 9 heteroatoms. The van der Waals surface area contributed by atoms with Gasteiger partial charge in [0.05, 0.1) is 12.8 Å². The number of aromatic nitrogens is 2. The van der Waals surface area contributed by atoms with Gasteiger partial charge in [-0.05, 0) is 62.2 Å². The molecular formula is C22H24N4O4S. The lowest BCUT2D eigenvalue weighted by molar-refractivity contribution is 0.102. The second-order valence-electron chi connectivity index (χ2n) is 7.37. The van der Waals surface area contributed by atoms with E-state index in [0.29, 0.717) is 18.8 Å². The molecule has 1 aromatic heterocycles. The topological polar surface area (TPSA) is 93.5 Å². The maximum atomic E-state index is 13.1. The highest BCUT2D eigenvalue weighted by atomic mass is 32.2. The quantitative estimate of drug-likeness (QED) is 0.635. The number of nitrogens with zero attached hydrogens (tertiary/aromatic N) is 3. The summed E-state index contributed by atoms with van der Waals surface area (Å²) in [6.07, 6.45) is 3.36. The van der Waals surface area contributed by atoms with E-state index in [-0.39, 0.29) is 16.2 Å². The maximum absolute atomic E-state index is 13.1. The van der Waals surface area contributed by atoms with Crippen molar-refractivity contribution < 1.29 is 17.9 Å². The summed E-state index contributed by atoms with van der Waals surface area (Å²) >= 11 is 0. The number of rotatable bonds is 6. The monoisotopic (exact) mass is 440 g/mol. The number of benzene rings is 2. The van der Waals surface area contributed by atoms with E-state index in [0.717, 1.165) is 24.2 Å². The molecule has 162 valence electrons. The van der Waals surface area contributed by atoms with Crippen molar-refractivity contribution in [1.82, 2.24) is 14.1 Å². The number of hydrogen-bond donors (Lipinski definition) is 1. The summed E-state index contributed by atoms with van der Waals surface area (Å²) in [6.45, 7) is 2.89. The van der Waals surface area contributed by atoms with Crippen LogP contribution in [-0.2, 0) is 10.0 Å². The number of ether oxygens (including phenoxy) is 1. The average Bonchev–Trinajstić information content (AvgIpc) is 3.46. The van der Waals surface area contributed by atoms with Crippen molar-refractivity contribution in [3.8, 4) is 11.4 Å². The Morgan fingerprint density at radius 3 is 2.55 bits per heavy atom. The maximum Gasteiger partial charge on any atom is 0.255 e. The molecule has 3 aromatic rings. The molecule has 0 bridgehead atoms. The average molecular weight is 441 g/mol. The van der Waals surface area contributed by atoms with E-state index in [1.54, 1.807) is 23.0 Å².